The van der Waals surface area contributed by atoms with Crippen molar-refractivity contribution in [2.45, 2.75) is 49.7 Å². The highest BCUT2D eigenvalue weighted by Crippen LogP contribution is 2.44. The molecule has 1 saturated carbocycles. The molecule has 2 heterocycles. The molecular weight excluding hydrogens is 414 g/mol. The summed E-state index contributed by atoms with van der Waals surface area (Å²) in [7, 11) is 0. The lowest BCUT2D eigenvalue weighted by atomic mass is 9.77. The van der Waals surface area contributed by atoms with Crippen LogP contribution >= 0.6 is 0 Å². The molecule has 2 saturated heterocycles. The molecule has 5 rings (SSSR count). The third-order valence-corrected chi connectivity index (χ3v) is 7.19. The fourth-order valence-corrected chi connectivity index (χ4v) is 5.53. The molecule has 168 valence electrons. The molecule has 1 aliphatic carbocycles. The number of halogens is 2. The van der Waals surface area contributed by atoms with Crippen LogP contribution in [0.3, 0.4) is 0 Å². The summed E-state index contributed by atoms with van der Waals surface area (Å²) in [6, 6.07) is 12.3. The smallest absolute Gasteiger partial charge is 0.410 e. The molecule has 2 aromatic rings. The zero-order valence-corrected chi connectivity index (χ0v) is 17.9. The van der Waals surface area contributed by atoms with E-state index < -0.39 is 17.1 Å². The second-order valence-corrected chi connectivity index (χ2v) is 9.31. The zero-order chi connectivity index (χ0) is 22.3. The number of likely N-dealkylation sites (tertiary alicyclic amines) is 1. The van der Waals surface area contributed by atoms with Gasteiger partial charge in [0.1, 0.15) is 11.6 Å². The third kappa shape index (κ3) is 3.63. The summed E-state index contributed by atoms with van der Waals surface area (Å²) >= 11 is 0. The minimum Gasteiger partial charge on any atom is -0.439 e. The zero-order valence-electron chi connectivity index (χ0n) is 17.9. The van der Waals surface area contributed by atoms with Gasteiger partial charge in [-0.1, -0.05) is 37.1 Å². The average molecular weight is 440 g/mol. The maximum Gasteiger partial charge on any atom is 0.410 e. The van der Waals surface area contributed by atoms with Crippen molar-refractivity contribution in [2.75, 3.05) is 19.6 Å². The van der Waals surface area contributed by atoms with Crippen molar-refractivity contribution < 1.29 is 23.1 Å². The van der Waals surface area contributed by atoms with E-state index >= 15 is 0 Å². The van der Waals surface area contributed by atoms with E-state index in [2.05, 4.69) is 0 Å². The van der Waals surface area contributed by atoms with Gasteiger partial charge in [0.25, 0.3) is 0 Å². The van der Waals surface area contributed by atoms with E-state index in [1.807, 2.05) is 4.90 Å². The SMILES string of the molecule is O=C1OC2(CCN(C(=O)C3(c4ccc(F)cc4)CCCC3)C2)CN1Cc1ccc(F)cc1. The van der Waals surface area contributed by atoms with Gasteiger partial charge in [-0.05, 0) is 48.2 Å². The molecule has 0 radical (unpaired) electrons. The highest BCUT2D eigenvalue weighted by molar-refractivity contribution is 5.89. The van der Waals surface area contributed by atoms with E-state index in [4.69, 9.17) is 4.74 Å². The summed E-state index contributed by atoms with van der Waals surface area (Å²) in [5.41, 5.74) is 0.349. The van der Waals surface area contributed by atoms with Crippen LogP contribution in [0.1, 0.15) is 43.2 Å². The van der Waals surface area contributed by atoms with E-state index in [0.29, 0.717) is 32.6 Å². The molecule has 3 aliphatic rings. The summed E-state index contributed by atoms with van der Waals surface area (Å²) in [5, 5.41) is 0. The molecule has 7 heteroatoms. The van der Waals surface area contributed by atoms with Gasteiger partial charge in [0.15, 0.2) is 5.60 Å². The van der Waals surface area contributed by atoms with Crippen LogP contribution in [0.5, 0.6) is 0 Å². The second kappa shape index (κ2) is 7.87. The Morgan fingerprint density at radius 2 is 1.53 bits per heavy atom. The van der Waals surface area contributed by atoms with Gasteiger partial charge >= 0.3 is 6.09 Å². The van der Waals surface area contributed by atoms with Crippen molar-refractivity contribution in [3.8, 4) is 0 Å². The Hall–Kier alpha value is -2.96. The standard InChI is InChI=1S/C25H26F2N2O3/c26-20-7-3-18(4-8-20)15-29-17-24(32-23(29)31)13-14-28(16-24)22(30)25(11-1-2-12-25)19-5-9-21(27)10-6-19/h3-10H,1-2,11-17H2. The molecule has 2 aliphatic heterocycles. The first-order chi connectivity index (χ1) is 15.4. The van der Waals surface area contributed by atoms with Crippen molar-refractivity contribution in [3.05, 3.63) is 71.3 Å². The Kier molecular flexibility index (Phi) is 5.14. The molecule has 0 bridgehead atoms. The van der Waals surface area contributed by atoms with Gasteiger partial charge in [0, 0.05) is 19.5 Å². The van der Waals surface area contributed by atoms with E-state index in [-0.39, 0.29) is 17.5 Å². The van der Waals surface area contributed by atoms with Crippen LogP contribution in [-0.2, 0) is 21.5 Å². The number of carbonyl (C=O) groups excluding carboxylic acids is 2. The predicted octanol–water partition coefficient (Wildman–Crippen LogP) is 4.40. The van der Waals surface area contributed by atoms with Crippen molar-refractivity contribution in [1.82, 2.24) is 9.80 Å². The number of benzene rings is 2. The minimum absolute atomic E-state index is 0.0477. The van der Waals surface area contributed by atoms with E-state index in [0.717, 1.165) is 36.8 Å². The average Bonchev–Trinajstić information content (AvgIpc) is 3.50. The maximum absolute atomic E-state index is 13.7. The first-order valence-electron chi connectivity index (χ1n) is 11.2. The second-order valence-electron chi connectivity index (χ2n) is 9.31. The van der Waals surface area contributed by atoms with Crippen molar-refractivity contribution in [3.63, 3.8) is 0 Å². The largest absolute Gasteiger partial charge is 0.439 e. The first-order valence-corrected chi connectivity index (χ1v) is 11.2. The van der Waals surface area contributed by atoms with Gasteiger partial charge in [0.05, 0.1) is 18.5 Å². The number of carbonyl (C=O) groups is 2. The first kappa shape index (κ1) is 20.9. The Bertz CT molecular complexity index is 1020. The minimum atomic E-state index is -0.713. The molecule has 0 aromatic heterocycles. The summed E-state index contributed by atoms with van der Waals surface area (Å²) < 4.78 is 32.4. The molecule has 1 unspecified atom stereocenters. The lowest BCUT2D eigenvalue weighted by molar-refractivity contribution is -0.137. The number of rotatable bonds is 4. The number of ether oxygens (including phenoxy) is 1. The summed E-state index contributed by atoms with van der Waals surface area (Å²) in [6.07, 6.45) is 3.60. The fourth-order valence-electron chi connectivity index (χ4n) is 5.53. The van der Waals surface area contributed by atoms with Crippen LogP contribution in [0.2, 0.25) is 0 Å². The normalized spacial score (nSPS) is 24.4. The number of hydrogen-bond donors (Lipinski definition) is 0. The molecule has 2 amide bonds. The molecule has 1 spiro atoms. The highest BCUT2D eigenvalue weighted by atomic mass is 19.1. The van der Waals surface area contributed by atoms with Gasteiger partial charge in [-0.15, -0.1) is 0 Å². The molecule has 32 heavy (non-hydrogen) atoms. The van der Waals surface area contributed by atoms with Crippen LogP contribution in [0.25, 0.3) is 0 Å². The van der Waals surface area contributed by atoms with Crippen molar-refractivity contribution in [1.29, 1.82) is 0 Å². The Labute approximate surface area is 186 Å². The topological polar surface area (TPSA) is 49.9 Å². The van der Waals surface area contributed by atoms with Gasteiger partial charge in [-0.2, -0.15) is 0 Å². The monoisotopic (exact) mass is 440 g/mol. The quantitative estimate of drug-likeness (QED) is 0.708. The fraction of sp³-hybridized carbons (Fsp3) is 0.440. The van der Waals surface area contributed by atoms with Crippen LogP contribution < -0.4 is 0 Å². The molecule has 0 N–H and O–H groups in total. The third-order valence-electron chi connectivity index (χ3n) is 7.19. The molecule has 3 fully saturated rings. The summed E-state index contributed by atoms with van der Waals surface area (Å²) in [4.78, 5) is 29.7. The Balaban J connectivity index is 1.31. The van der Waals surface area contributed by atoms with Gasteiger partial charge in [-0.3, -0.25) is 9.69 Å². The summed E-state index contributed by atoms with van der Waals surface area (Å²) in [5.74, 6) is -0.582. The highest BCUT2D eigenvalue weighted by Gasteiger charge is 2.54. The molecule has 2 aromatic carbocycles. The van der Waals surface area contributed by atoms with E-state index in [1.54, 1.807) is 29.2 Å². The van der Waals surface area contributed by atoms with Gasteiger partial charge in [-0.25, -0.2) is 13.6 Å². The van der Waals surface area contributed by atoms with Crippen molar-refractivity contribution >= 4 is 12.0 Å². The Morgan fingerprint density at radius 1 is 0.906 bits per heavy atom. The molecular formula is C25H26F2N2O3. The van der Waals surface area contributed by atoms with Crippen LogP contribution in [0.4, 0.5) is 13.6 Å². The van der Waals surface area contributed by atoms with Crippen LogP contribution in [0, 0.1) is 11.6 Å². The maximum atomic E-state index is 13.7. The van der Waals surface area contributed by atoms with E-state index in [9.17, 15) is 18.4 Å². The van der Waals surface area contributed by atoms with Gasteiger partial charge < -0.3 is 9.64 Å². The number of amides is 2. The Morgan fingerprint density at radius 3 is 2.19 bits per heavy atom. The summed E-state index contributed by atoms with van der Waals surface area (Å²) in [6.45, 7) is 1.63. The van der Waals surface area contributed by atoms with E-state index in [1.165, 1.54) is 24.3 Å². The predicted molar refractivity (Wildman–Crippen MR) is 114 cm³/mol. The van der Waals surface area contributed by atoms with Crippen molar-refractivity contribution in [2.24, 2.45) is 0 Å². The number of nitrogens with zero attached hydrogens (tertiary/aromatic N) is 2. The number of hydrogen-bond acceptors (Lipinski definition) is 3. The van der Waals surface area contributed by atoms with Crippen LogP contribution in [0.15, 0.2) is 48.5 Å². The van der Waals surface area contributed by atoms with Gasteiger partial charge in [0.2, 0.25) is 5.91 Å². The molecule has 5 nitrogen and oxygen atoms in total. The molecule has 1 atom stereocenters. The van der Waals surface area contributed by atoms with Crippen LogP contribution in [-0.4, -0.2) is 47.0 Å². The lowest BCUT2D eigenvalue weighted by Gasteiger charge is -2.33. The lowest BCUT2D eigenvalue weighted by Crippen LogP contribution is -2.47.